The van der Waals surface area contributed by atoms with E-state index >= 15 is 0 Å². The number of allylic oxidation sites excluding steroid dienone is 5. The average molecular weight is 435 g/mol. The molecule has 0 saturated heterocycles. The third kappa shape index (κ3) is 4.12. The minimum atomic E-state index is 0.161. The molecule has 0 spiro atoms. The van der Waals surface area contributed by atoms with E-state index in [9.17, 15) is 0 Å². The highest BCUT2D eigenvalue weighted by atomic mass is 79.9. The SMILES string of the molecule is CC=c1cc(Br)c(=C=C2C(C)=C[C+](C(C)(C)C)C=C2C)c(Br)c1. The lowest BCUT2D eigenvalue weighted by atomic mass is 9.75. The number of benzene rings is 1. The summed E-state index contributed by atoms with van der Waals surface area (Å²) in [5.41, 5.74) is 7.46. The molecule has 2 rings (SSSR count). The molecule has 120 valence electrons. The smallest absolute Gasteiger partial charge is 0.0803 e. The van der Waals surface area contributed by atoms with Crippen molar-refractivity contribution in [3.05, 3.63) is 66.3 Å². The second-order valence-corrected chi connectivity index (χ2v) is 8.72. The highest BCUT2D eigenvalue weighted by Crippen LogP contribution is 2.38. The van der Waals surface area contributed by atoms with E-state index < -0.39 is 0 Å². The van der Waals surface area contributed by atoms with E-state index in [4.69, 9.17) is 0 Å². The van der Waals surface area contributed by atoms with Gasteiger partial charge in [-0.05, 0) is 76.9 Å². The molecule has 0 aromatic heterocycles. The van der Waals surface area contributed by atoms with Crippen molar-refractivity contribution in [3.8, 4) is 0 Å². The van der Waals surface area contributed by atoms with Crippen molar-refractivity contribution >= 4 is 43.7 Å². The summed E-state index contributed by atoms with van der Waals surface area (Å²) in [5, 5.41) is 2.25. The van der Waals surface area contributed by atoms with Crippen molar-refractivity contribution in [1.29, 1.82) is 0 Å². The van der Waals surface area contributed by atoms with Gasteiger partial charge in [0.1, 0.15) is 5.57 Å². The zero-order valence-corrected chi connectivity index (χ0v) is 17.8. The zero-order valence-electron chi connectivity index (χ0n) is 14.6. The molecule has 1 aliphatic carbocycles. The van der Waals surface area contributed by atoms with Crippen LogP contribution >= 0.6 is 31.9 Å². The van der Waals surface area contributed by atoms with E-state index in [-0.39, 0.29) is 5.41 Å². The lowest BCUT2D eigenvalue weighted by molar-refractivity contribution is 0.471. The van der Waals surface area contributed by atoms with Crippen molar-refractivity contribution in [2.24, 2.45) is 5.41 Å². The van der Waals surface area contributed by atoms with Crippen molar-refractivity contribution in [3.63, 3.8) is 0 Å². The third-order valence-corrected chi connectivity index (χ3v) is 5.30. The van der Waals surface area contributed by atoms with Crippen LogP contribution in [-0.2, 0) is 0 Å². The summed E-state index contributed by atoms with van der Waals surface area (Å²) in [6.45, 7) is 13.1. The second kappa shape index (κ2) is 6.89. The van der Waals surface area contributed by atoms with Gasteiger partial charge in [-0.15, -0.1) is 0 Å². The summed E-state index contributed by atoms with van der Waals surface area (Å²) in [6.07, 6.45) is 6.66. The van der Waals surface area contributed by atoms with Gasteiger partial charge in [0, 0.05) is 33.4 Å². The highest BCUT2D eigenvalue weighted by Gasteiger charge is 2.32. The molecule has 23 heavy (non-hydrogen) atoms. The zero-order chi connectivity index (χ0) is 17.4. The Morgan fingerprint density at radius 3 is 1.87 bits per heavy atom. The molecule has 1 aromatic rings. The molecular weight excluding hydrogens is 412 g/mol. The minimum absolute atomic E-state index is 0.161. The van der Waals surface area contributed by atoms with E-state index in [0.29, 0.717) is 0 Å². The third-order valence-electron chi connectivity index (χ3n) is 4.05. The van der Waals surface area contributed by atoms with E-state index in [0.717, 1.165) is 14.2 Å². The first-order chi connectivity index (χ1) is 10.6. The lowest BCUT2D eigenvalue weighted by Crippen LogP contribution is -2.18. The van der Waals surface area contributed by atoms with Crippen LogP contribution in [-0.4, -0.2) is 0 Å². The summed E-state index contributed by atoms with van der Waals surface area (Å²) in [4.78, 5) is 0. The van der Waals surface area contributed by atoms with Crippen molar-refractivity contribution in [2.75, 3.05) is 0 Å². The van der Waals surface area contributed by atoms with Gasteiger partial charge in [0.05, 0.1) is 29.2 Å². The highest BCUT2D eigenvalue weighted by molar-refractivity contribution is 9.11. The summed E-state index contributed by atoms with van der Waals surface area (Å²) in [7, 11) is 0. The second-order valence-electron chi connectivity index (χ2n) is 7.01. The van der Waals surface area contributed by atoms with Crippen LogP contribution in [0.15, 0.2) is 49.9 Å². The van der Waals surface area contributed by atoms with Gasteiger partial charge in [0.15, 0.2) is 0 Å². The van der Waals surface area contributed by atoms with Crippen LogP contribution in [0.4, 0.5) is 0 Å². The standard InChI is InChI=1S/C21H23Br2/c1-7-15-10-19(22)18(20(23)11-15)12-17-13(2)8-16(9-14(17)3)21(4,5)6/h7-11H,1-6H3/q+1. The van der Waals surface area contributed by atoms with Gasteiger partial charge in [0.2, 0.25) is 0 Å². The monoisotopic (exact) mass is 433 g/mol. The Morgan fingerprint density at radius 1 is 1.00 bits per heavy atom. The van der Waals surface area contributed by atoms with Crippen LogP contribution in [0.2, 0.25) is 0 Å². The number of rotatable bonds is 0. The fourth-order valence-electron chi connectivity index (χ4n) is 2.60. The largest absolute Gasteiger partial charge is 0.132 e. The van der Waals surface area contributed by atoms with Gasteiger partial charge in [-0.3, -0.25) is 0 Å². The molecule has 0 saturated carbocycles. The van der Waals surface area contributed by atoms with Gasteiger partial charge in [-0.1, -0.05) is 11.8 Å². The Labute approximate surface area is 156 Å². The van der Waals surface area contributed by atoms with Crippen molar-refractivity contribution < 1.29 is 0 Å². The molecule has 1 aliphatic rings. The lowest BCUT2D eigenvalue weighted by Gasteiger charge is -2.23. The van der Waals surface area contributed by atoms with Crippen LogP contribution in [0, 0.1) is 11.3 Å². The summed E-state index contributed by atoms with van der Waals surface area (Å²) in [5.74, 6) is 1.37. The quantitative estimate of drug-likeness (QED) is 0.449. The topological polar surface area (TPSA) is 0 Å². The van der Waals surface area contributed by atoms with E-state index in [1.54, 1.807) is 0 Å². The molecule has 0 bridgehead atoms. The Hall–Kier alpha value is -0.950. The molecule has 0 unspecified atom stereocenters. The number of halogens is 2. The van der Waals surface area contributed by atoms with Crippen LogP contribution in [0.3, 0.4) is 0 Å². The van der Waals surface area contributed by atoms with Crippen molar-refractivity contribution in [2.45, 2.75) is 41.5 Å². The molecule has 0 N–H and O–H groups in total. The molecular formula is C21H23Br2+. The first-order valence-electron chi connectivity index (χ1n) is 7.80. The summed E-state index contributed by atoms with van der Waals surface area (Å²) in [6, 6.07) is 4.25. The molecule has 0 aliphatic heterocycles. The van der Waals surface area contributed by atoms with Crippen LogP contribution in [0.5, 0.6) is 0 Å². The maximum Gasteiger partial charge on any atom is 0.132 e. The Bertz CT molecular complexity index is 788. The van der Waals surface area contributed by atoms with E-state index in [1.807, 2.05) is 6.92 Å². The molecule has 0 atom stereocenters. The minimum Gasteiger partial charge on any atom is -0.0803 e. The first kappa shape index (κ1) is 18.4. The van der Waals surface area contributed by atoms with Gasteiger partial charge < -0.3 is 0 Å². The first-order valence-corrected chi connectivity index (χ1v) is 9.39. The Balaban J connectivity index is 2.73. The van der Waals surface area contributed by atoms with Gasteiger partial charge >= 0.3 is 0 Å². The molecule has 0 amide bonds. The molecule has 0 nitrogen and oxygen atoms in total. The maximum absolute atomic E-state index is 3.68. The maximum atomic E-state index is 3.68. The van der Waals surface area contributed by atoms with Crippen LogP contribution in [0.1, 0.15) is 41.5 Å². The fraction of sp³-hybridized carbons (Fsp3) is 0.333. The van der Waals surface area contributed by atoms with E-state index in [1.165, 1.54) is 27.9 Å². The summed E-state index contributed by atoms with van der Waals surface area (Å²) >= 11 is 7.36. The van der Waals surface area contributed by atoms with E-state index in [2.05, 4.69) is 103 Å². The number of hydrogen-bond donors (Lipinski definition) is 0. The van der Waals surface area contributed by atoms with Crippen molar-refractivity contribution in [1.82, 2.24) is 0 Å². The number of hydrogen-bond acceptors (Lipinski definition) is 0. The van der Waals surface area contributed by atoms with Crippen LogP contribution < -0.4 is 10.4 Å². The molecule has 1 aromatic carbocycles. The Morgan fingerprint density at radius 2 is 1.48 bits per heavy atom. The van der Waals surface area contributed by atoms with Gasteiger partial charge in [0.25, 0.3) is 0 Å². The Kier molecular flexibility index (Phi) is 5.51. The molecule has 2 heteroatoms. The van der Waals surface area contributed by atoms with Gasteiger partial charge in [-0.25, -0.2) is 0 Å². The predicted molar refractivity (Wildman–Crippen MR) is 108 cm³/mol. The predicted octanol–water partition coefficient (Wildman–Crippen LogP) is 5.84. The average Bonchev–Trinajstić information content (AvgIpc) is 2.43. The molecule has 0 fully saturated rings. The molecule has 0 radical (unpaired) electrons. The fourth-order valence-corrected chi connectivity index (χ4v) is 4.02. The summed E-state index contributed by atoms with van der Waals surface area (Å²) < 4.78 is 2.11. The molecule has 0 heterocycles. The van der Waals surface area contributed by atoms with Gasteiger partial charge in [-0.2, -0.15) is 0 Å². The normalized spacial score (nSPS) is 15.1. The van der Waals surface area contributed by atoms with Crippen LogP contribution in [0.25, 0.3) is 11.8 Å².